The Morgan fingerprint density at radius 3 is 2.42 bits per heavy atom. The van der Waals surface area contributed by atoms with E-state index in [4.69, 9.17) is 0 Å². The molecular formula is C39H28N2PS+. The molecule has 0 unspecified atom stereocenters. The fraction of sp³-hybridized carbons (Fsp3) is 0.103. The summed E-state index contributed by atoms with van der Waals surface area (Å²) in [5, 5.41) is 14.0. The number of rotatable bonds is 0. The molecule has 2 nitrogen and oxygen atoms in total. The first kappa shape index (κ1) is 23.2. The van der Waals surface area contributed by atoms with E-state index in [-0.39, 0.29) is 5.41 Å². The van der Waals surface area contributed by atoms with Crippen molar-refractivity contribution >= 4 is 77.3 Å². The van der Waals surface area contributed by atoms with Gasteiger partial charge in [-0.1, -0.05) is 0 Å². The minimum absolute atomic E-state index is 0.0427. The Kier molecular flexibility index (Phi) is 3.91. The van der Waals surface area contributed by atoms with Gasteiger partial charge in [-0.25, -0.2) is 0 Å². The predicted molar refractivity (Wildman–Crippen MR) is 186 cm³/mol. The van der Waals surface area contributed by atoms with Crippen LogP contribution in [0.4, 0.5) is 0 Å². The van der Waals surface area contributed by atoms with E-state index in [1.54, 1.807) is 10.6 Å². The topological polar surface area (TPSA) is 8.81 Å². The molecule has 3 aliphatic heterocycles. The first-order chi connectivity index (χ1) is 21.0. The second-order valence-electron chi connectivity index (χ2n) is 13.6. The Morgan fingerprint density at radius 1 is 0.721 bits per heavy atom. The molecule has 0 saturated carbocycles. The molecule has 43 heavy (non-hydrogen) atoms. The summed E-state index contributed by atoms with van der Waals surface area (Å²) in [5.41, 5.74) is 9.86. The van der Waals surface area contributed by atoms with Crippen molar-refractivity contribution in [3.05, 3.63) is 114 Å². The molecular weight excluding hydrogens is 559 g/mol. The third-order valence-corrected chi connectivity index (χ3v) is 16.3. The number of hydrogen-bond donors (Lipinski definition) is 0. The van der Waals surface area contributed by atoms with Gasteiger partial charge in [0, 0.05) is 0 Å². The Bertz CT molecular complexity index is 2610. The average molecular weight is 588 g/mol. The van der Waals surface area contributed by atoms with Crippen LogP contribution in [0.1, 0.15) is 26.3 Å². The van der Waals surface area contributed by atoms with E-state index in [0.29, 0.717) is 0 Å². The third kappa shape index (κ3) is 2.43. The van der Waals surface area contributed by atoms with E-state index in [2.05, 4.69) is 138 Å². The predicted octanol–water partition coefficient (Wildman–Crippen LogP) is 8.50. The second kappa shape index (κ2) is 7.25. The van der Waals surface area contributed by atoms with Crippen molar-refractivity contribution in [2.75, 3.05) is 0 Å². The number of thiophene rings is 1. The number of benzene rings is 5. The Hall–Kier alpha value is -4.30. The molecule has 3 aliphatic rings. The number of aromatic nitrogens is 2. The van der Waals surface area contributed by atoms with Gasteiger partial charge in [-0.2, -0.15) is 0 Å². The van der Waals surface area contributed by atoms with Crippen LogP contribution in [0, 0.1) is 0 Å². The molecule has 0 aliphatic carbocycles. The molecule has 0 fully saturated rings. The van der Waals surface area contributed by atoms with Crippen molar-refractivity contribution in [1.82, 2.24) is 4.57 Å². The summed E-state index contributed by atoms with van der Waals surface area (Å²) in [6.07, 6.45) is 2.47. The molecule has 0 saturated heterocycles. The van der Waals surface area contributed by atoms with Gasteiger partial charge in [0.1, 0.15) is 0 Å². The molecule has 0 N–H and O–H groups in total. The van der Waals surface area contributed by atoms with Gasteiger partial charge >= 0.3 is 255 Å². The molecule has 6 heterocycles. The zero-order valence-corrected chi connectivity index (χ0v) is 26.0. The van der Waals surface area contributed by atoms with Gasteiger partial charge in [-0.3, -0.25) is 0 Å². The molecule has 11 rings (SSSR count). The van der Waals surface area contributed by atoms with Crippen LogP contribution in [-0.4, -0.2) is 4.57 Å². The van der Waals surface area contributed by atoms with Crippen LogP contribution in [0.2, 0.25) is 0 Å². The summed E-state index contributed by atoms with van der Waals surface area (Å²) in [6, 6.07) is 37.5. The van der Waals surface area contributed by atoms with Crippen molar-refractivity contribution < 1.29 is 4.34 Å². The fourth-order valence-electron chi connectivity index (χ4n) is 8.84. The van der Waals surface area contributed by atoms with E-state index in [1.165, 1.54) is 81.6 Å². The van der Waals surface area contributed by atoms with E-state index in [9.17, 15) is 0 Å². The van der Waals surface area contributed by atoms with Crippen LogP contribution in [0.25, 0.3) is 70.7 Å². The average Bonchev–Trinajstić information content (AvgIpc) is 3.69. The molecule has 3 aromatic heterocycles. The first-order valence-corrected chi connectivity index (χ1v) is 18.0. The SMILES string of the molecule is CC(C)(C)c1cc[n+]2c(c1)-n1c3ccccc3c3ccc4c(c31)[PH]21c2ccc3ccccc3c2-c2ccc3scc-4c3c21. The van der Waals surface area contributed by atoms with Crippen molar-refractivity contribution in [2.24, 2.45) is 0 Å². The van der Waals surface area contributed by atoms with Gasteiger partial charge in [0.2, 0.25) is 0 Å². The van der Waals surface area contributed by atoms with E-state index < -0.39 is 7.41 Å². The molecule has 8 aromatic rings. The molecule has 0 atom stereocenters. The summed E-state index contributed by atoms with van der Waals surface area (Å²) in [5.74, 6) is 1.30. The van der Waals surface area contributed by atoms with Crippen LogP contribution in [0.15, 0.2) is 109 Å². The number of nitrogens with zero attached hydrogens (tertiary/aromatic N) is 2. The van der Waals surface area contributed by atoms with Gasteiger partial charge in [-0.15, -0.1) is 0 Å². The number of pyridine rings is 1. The molecule has 1 spiro atoms. The van der Waals surface area contributed by atoms with Crippen LogP contribution in [0.5, 0.6) is 0 Å². The second-order valence-corrected chi connectivity index (χ2v) is 17.9. The minimum atomic E-state index is -2.76. The standard InChI is InChI=1S/C39H28N2PS/c1-39(2,3)23-18-19-40-33(20-23)41-30-11-7-6-10-25(30)26-13-14-27-29-21-43-32-17-15-28-34-24-9-5-4-8-22(24)12-16-31(34)42(40,37(28)35(29)32)38(27)36(26)41/h4-21,42H,1-3H3/q+1. The van der Waals surface area contributed by atoms with E-state index >= 15 is 0 Å². The Balaban J connectivity index is 1.48. The van der Waals surface area contributed by atoms with Crippen molar-refractivity contribution in [1.29, 1.82) is 0 Å². The molecule has 5 aromatic carbocycles. The van der Waals surface area contributed by atoms with Crippen molar-refractivity contribution in [2.45, 2.75) is 26.2 Å². The van der Waals surface area contributed by atoms with Gasteiger partial charge < -0.3 is 0 Å². The zero-order chi connectivity index (χ0) is 28.4. The quantitative estimate of drug-likeness (QED) is 0.157. The zero-order valence-electron chi connectivity index (χ0n) is 24.2. The van der Waals surface area contributed by atoms with Gasteiger partial charge in [0.05, 0.1) is 0 Å². The molecule has 204 valence electrons. The Labute approximate surface area is 253 Å². The summed E-state index contributed by atoms with van der Waals surface area (Å²) >= 11 is 1.91. The summed E-state index contributed by atoms with van der Waals surface area (Å²) in [4.78, 5) is 0. The van der Waals surface area contributed by atoms with Crippen LogP contribution in [-0.2, 0) is 5.41 Å². The third-order valence-electron chi connectivity index (χ3n) is 10.6. The molecule has 0 bridgehead atoms. The maximum atomic E-state index is 2.78. The normalized spacial score (nSPS) is 15.8. The van der Waals surface area contributed by atoms with Crippen LogP contribution >= 0.6 is 18.7 Å². The van der Waals surface area contributed by atoms with Crippen molar-refractivity contribution in [3.63, 3.8) is 0 Å². The van der Waals surface area contributed by atoms with Gasteiger partial charge in [-0.05, 0) is 0 Å². The number of para-hydroxylation sites is 1. The van der Waals surface area contributed by atoms with E-state index in [1.807, 2.05) is 11.3 Å². The summed E-state index contributed by atoms with van der Waals surface area (Å²) < 4.78 is 6.79. The fourth-order valence-corrected chi connectivity index (χ4v) is 15.6. The number of hydrogen-bond acceptors (Lipinski definition) is 1. The van der Waals surface area contributed by atoms with Gasteiger partial charge in [0.25, 0.3) is 0 Å². The van der Waals surface area contributed by atoms with Gasteiger partial charge in [0.15, 0.2) is 0 Å². The van der Waals surface area contributed by atoms with Crippen LogP contribution in [0.3, 0.4) is 0 Å². The van der Waals surface area contributed by atoms with Crippen LogP contribution < -0.4 is 20.3 Å². The number of fused-ring (bicyclic) bond motifs is 10. The van der Waals surface area contributed by atoms with Crippen molar-refractivity contribution in [3.8, 4) is 28.1 Å². The summed E-state index contributed by atoms with van der Waals surface area (Å²) in [6.45, 7) is 7.00. The monoisotopic (exact) mass is 587 g/mol. The first-order valence-electron chi connectivity index (χ1n) is 15.2. The Morgan fingerprint density at radius 2 is 1.53 bits per heavy atom. The van der Waals surface area contributed by atoms with E-state index in [0.717, 1.165) is 0 Å². The molecule has 0 amide bonds. The molecule has 0 radical (unpaired) electrons. The summed E-state index contributed by atoms with van der Waals surface area (Å²) in [7, 11) is -2.76. The maximum absolute atomic E-state index is 2.78. The molecule has 4 heteroatoms.